The van der Waals surface area contributed by atoms with Gasteiger partial charge in [-0.25, -0.2) is 17.2 Å². The van der Waals surface area contributed by atoms with Gasteiger partial charge in [0.1, 0.15) is 4.90 Å². The number of pyridine rings is 1. The maximum Gasteiger partial charge on any atom is 0.407 e. The van der Waals surface area contributed by atoms with Crippen molar-refractivity contribution >= 4 is 32.0 Å². The zero-order valence-corrected chi connectivity index (χ0v) is 19.9. The number of carbonyl (C=O) groups is 1. The summed E-state index contributed by atoms with van der Waals surface area (Å²) >= 11 is 3.26. The van der Waals surface area contributed by atoms with Crippen molar-refractivity contribution in [2.75, 3.05) is 6.54 Å². The summed E-state index contributed by atoms with van der Waals surface area (Å²) < 4.78 is 28.6. The first-order valence-corrected chi connectivity index (χ1v) is 11.8. The van der Waals surface area contributed by atoms with Crippen molar-refractivity contribution in [3.05, 3.63) is 71.1 Å². The van der Waals surface area contributed by atoms with Gasteiger partial charge in [0.2, 0.25) is 0 Å². The lowest BCUT2D eigenvalue weighted by Gasteiger charge is -2.27. The summed E-state index contributed by atoms with van der Waals surface area (Å²) in [4.78, 5) is 17.1. The highest BCUT2D eigenvalue weighted by atomic mass is 79.9. The molecule has 0 unspecified atom stereocenters. The van der Waals surface area contributed by atoms with E-state index in [-0.39, 0.29) is 16.9 Å². The maximum absolute atomic E-state index is 13.4. The van der Waals surface area contributed by atoms with E-state index >= 15 is 0 Å². The molecule has 0 atom stereocenters. The van der Waals surface area contributed by atoms with Crippen LogP contribution in [-0.4, -0.2) is 40.0 Å². The van der Waals surface area contributed by atoms with Crippen molar-refractivity contribution in [3.8, 4) is 11.3 Å². The Morgan fingerprint density at radius 1 is 1.16 bits per heavy atom. The summed E-state index contributed by atoms with van der Waals surface area (Å²) in [5.41, 5.74) is 1.50. The number of amides is 1. The summed E-state index contributed by atoms with van der Waals surface area (Å²) in [6, 6.07) is 12.3. The molecule has 0 radical (unpaired) electrons. The van der Waals surface area contributed by atoms with Crippen molar-refractivity contribution in [2.45, 2.75) is 32.2 Å². The van der Waals surface area contributed by atoms with Gasteiger partial charge in [-0.3, -0.25) is 4.98 Å². The number of nitrogens with zero attached hydrogens (tertiary/aromatic N) is 3. The Labute approximate surface area is 190 Å². The number of benzene rings is 1. The molecular formula is C22H24BrN3O4S. The fourth-order valence-electron chi connectivity index (χ4n) is 3.23. The summed E-state index contributed by atoms with van der Waals surface area (Å²) in [5.74, 6) is 0. The first kappa shape index (κ1) is 23.0. The lowest BCUT2D eigenvalue weighted by molar-refractivity contribution is 0.123. The van der Waals surface area contributed by atoms with E-state index in [1.54, 1.807) is 6.07 Å². The van der Waals surface area contributed by atoms with Crippen LogP contribution in [0.4, 0.5) is 4.79 Å². The fourth-order valence-corrected chi connectivity index (χ4v) is 5.14. The monoisotopic (exact) mass is 505 g/mol. The van der Waals surface area contributed by atoms with Crippen LogP contribution in [0.5, 0.6) is 0 Å². The molecule has 1 N–H and O–H groups in total. The van der Waals surface area contributed by atoms with E-state index in [2.05, 4.69) is 20.9 Å². The summed E-state index contributed by atoms with van der Waals surface area (Å²) in [5, 5.41) is 9.65. The molecule has 31 heavy (non-hydrogen) atoms. The lowest BCUT2D eigenvalue weighted by atomic mass is 9.96. The molecule has 1 amide bonds. The average Bonchev–Trinajstić information content (AvgIpc) is 3.12. The highest BCUT2D eigenvalue weighted by Gasteiger charge is 2.25. The molecule has 0 saturated carbocycles. The molecule has 3 rings (SSSR count). The third-order valence-electron chi connectivity index (χ3n) is 4.46. The molecule has 3 aromatic rings. The van der Waals surface area contributed by atoms with Crippen molar-refractivity contribution in [2.24, 2.45) is 5.41 Å². The minimum Gasteiger partial charge on any atom is -0.465 e. The molecule has 0 aliphatic carbocycles. The molecule has 2 heterocycles. The molecule has 0 fully saturated rings. The normalized spacial score (nSPS) is 12.0. The first-order valence-electron chi connectivity index (χ1n) is 9.58. The van der Waals surface area contributed by atoms with Gasteiger partial charge in [-0.1, -0.05) is 51.1 Å². The van der Waals surface area contributed by atoms with Crippen LogP contribution in [0.3, 0.4) is 0 Å². The number of carboxylic acid groups (broad SMARTS) is 1. The van der Waals surface area contributed by atoms with Gasteiger partial charge >= 0.3 is 6.09 Å². The maximum atomic E-state index is 13.4. The smallest absolute Gasteiger partial charge is 0.407 e. The van der Waals surface area contributed by atoms with Crippen LogP contribution in [0.25, 0.3) is 11.3 Å². The van der Waals surface area contributed by atoms with E-state index < -0.39 is 16.1 Å². The lowest BCUT2D eigenvalue weighted by Crippen LogP contribution is -2.36. The third-order valence-corrected chi connectivity index (χ3v) is 6.53. The van der Waals surface area contributed by atoms with Gasteiger partial charge in [-0.2, -0.15) is 0 Å². The van der Waals surface area contributed by atoms with Crippen molar-refractivity contribution in [1.29, 1.82) is 0 Å². The quantitative estimate of drug-likeness (QED) is 0.504. The van der Waals surface area contributed by atoms with Crippen molar-refractivity contribution < 1.29 is 18.3 Å². The summed E-state index contributed by atoms with van der Waals surface area (Å²) in [7, 11) is -3.95. The third kappa shape index (κ3) is 5.54. The van der Waals surface area contributed by atoms with Gasteiger partial charge in [-0.05, 0) is 44.6 Å². The van der Waals surface area contributed by atoms with Gasteiger partial charge in [0.25, 0.3) is 10.0 Å². The van der Waals surface area contributed by atoms with Gasteiger partial charge < -0.3 is 10.0 Å². The molecule has 0 aliphatic heterocycles. The predicted molar refractivity (Wildman–Crippen MR) is 122 cm³/mol. The largest absolute Gasteiger partial charge is 0.465 e. The minimum absolute atomic E-state index is 0.0333. The Hall–Kier alpha value is -2.65. The van der Waals surface area contributed by atoms with E-state index in [1.807, 2.05) is 51.1 Å². The van der Waals surface area contributed by atoms with Gasteiger partial charge in [-0.15, -0.1) is 0 Å². The molecule has 1 aromatic carbocycles. The zero-order chi connectivity index (χ0) is 22.8. The second-order valence-electron chi connectivity index (χ2n) is 8.44. The van der Waals surface area contributed by atoms with Crippen LogP contribution in [0.15, 0.2) is 70.4 Å². The summed E-state index contributed by atoms with van der Waals surface area (Å²) in [6.45, 7) is 6.25. The zero-order valence-electron chi connectivity index (χ0n) is 17.5. The average molecular weight is 506 g/mol. The van der Waals surface area contributed by atoms with Gasteiger partial charge in [0.05, 0.1) is 12.2 Å². The van der Waals surface area contributed by atoms with E-state index in [0.717, 1.165) is 0 Å². The van der Waals surface area contributed by atoms with E-state index in [4.69, 9.17) is 0 Å². The van der Waals surface area contributed by atoms with E-state index in [9.17, 15) is 18.3 Å². The van der Waals surface area contributed by atoms with Gasteiger partial charge in [0.15, 0.2) is 0 Å². The second-order valence-corrected chi connectivity index (χ2v) is 11.2. The standard InChI is InChI=1S/C22H24BrN3O4S/c1-22(2,3)15-25(21(27)28)13-16-9-20(17-7-5-4-6-8-17)26(14-16)31(29,30)19-10-18(23)11-24-12-19/h4-12,14H,13,15H2,1-3H3,(H,27,28). The topological polar surface area (TPSA) is 92.5 Å². The molecule has 0 spiro atoms. The molecule has 9 heteroatoms. The van der Waals surface area contributed by atoms with Crippen molar-refractivity contribution in [3.63, 3.8) is 0 Å². The fraction of sp³-hybridized carbons (Fsp3) is 0.273. The SMILES string of the molecule is CC(C)(C)CN(Cc1cc(-c2ccccc2)n(S(=O)(=O)c2cncc(Br)c2)c1)C(=O)O. The molecule has 0 bridgehead atoms. The highest BCUT2D eigenvalue weighted by molar-refractivity contribution is 9.10. The van der Waals surface area contributed by atoms with Crippen molar-refractivity contribution in [1.82, 2.24) is 13.9 Å². The number of halogens is 1. The van der Waals surface area contributed by atoms with Crippen LogP contribution in [0.2, 0.25) is 0 Å². The van der Waals surface area contributed by atoms with Crippen LogP contribution < -0.4 is 0 Å². The summed E-state index contributed by atoms with van der Waals surface area (Å²) in [6.07, 6.45) is 3.23. The Morgan fingerprint density at radius 2 is 1.84 bits per heavy atom. The predicted octanol–water partition coefficient (Wildman–Crippen LogP) is 5.08. The van der Waals surface area contributed by atoms with Crippen LogP contribution >= 0.6 is 15.9 Å². The molecule has 0 saturated heterocycles. The molecule has 164 valence electrons. The number of hydrogen-bond donors (Lipinski definition) is 1. The van der Waals surface area contributed by atoms with Crippen LogP contribution in [0, 0.1) is 5.41 Å². The Morgan fingerprint density at radius 3 is 2.42 bits per heavy atom. The number of rotatable bonds is 6. The number of hydrogen-bond acceptors (Lipinski definition) is 4. The van der Waals surface area contributed by atoms with Crippen LogP contribution in [-0.2, 0) is 16.6 Å². The van der Waals surface area contributed by atoms with E-state index in [0.29, 0.717) is 27.8 Å². The molecular weight excluding hydrogens is 482 g/mol. The van der Waals surface area contributed by atoms with Crippen LogP contribution in [0.1, 0.15) is 26.3 Å². The second kappa shape index (κ2) is 8.84. The highest BCUT2D eigenvalue weighted by Crippen LogP contribution is 2.29. The van der Waals surface area contributed by atoms with E-state index in [1.165, 1.54) is 33.5 Å². The Balaban J connectivity index is 2.10. The molecule has 2 aromatic heterocycles. The molecule has 7 nitrogen and oxygen atoms in total. The minimum atomic E-state index is -3.95. The van der Waals surface area contributed by atoms with Gasteiger partial charge in [0, 0.05) is 29.6 Å². The first-order chi connectivity index (χ1) is 14.5. The Kier molecular flexibility index (Phi) is 6.56. The number of aromatic nitrogens is 2. The molecule has 0 aliphatic rings. The Bertz CT molecular complexity index is 1180.